The SMILES string of the molecule is Cc1ccc(/C(N)=N/O)cc1OCc1ccncc1. The molecule has 0 bridgehead atoms. The Hall–Kier alpha value is -2.56. The number of oxime groups is 1. The van der Waals surface area contributed by atoms with E-state index in [1.54, 1.807) is 24.5 Å². The second-order valence-electron chi connectivity index (χ2n) is 4.11. The molecule has 98 valence electrons. The maximum Gasteiger partial charge on any atom is 0.170 e. The molecule has 3 N–H and O–H groups in total. The fraction of sp³-hybridized carbons (Fsp3) is 0.143. The fourth-order valence-corrected chi connectivity index (χ4v) is 1.61. The maximum atomic E-state index is 8.67. The highest BCUT2D eigenvalue weighted by atomic mass is 16.5. The third kappa shape index (κ3) is 3.22. The molecule has 1 aromatic carbocycles. The van der Waals surface area contributed by atoms with Crippen molar-refractivity contribution in [3.05, 3.63) is 59.4 Å². The van der Waals surface area contributed by atoms with Crippen molar-refractivity contribution in [3.63, 3.8) is 0 Å². The minimum Gasteiger partial charge on any atom is -0.489 e. The lowest BCUT2D eigenvalue weighted by molar-refractivity contribution is 0.303. The van der Waals surface area contributed by atoms with Crippen LogP contribution in [-0.2, 0) is 6.61 Å². The third-order valence-corrected chi connectivity index (χ3v) is 2.74. The number of ether oxygens (including phenoxy) is 1. The molecule has 0 unspecified atom stereocenters. The van der Waals surface area contributed by atoms with E-state index in [1.165, 1.54) is 0 Å². The molecule has 2 aromatic rings. The molecule has 0 radical (unpaired) electrons. The molecule has 0 saturated carbocycles. The number of benzene rings is 1. The Kier molecular flexibility index (Phi) is 3.97. The van der Waals surface area contributed by atoms with Crippen molar-refractivity contribution in [2.75, 3.05) is 0 Å². The first-order valence-electron chi connectivity index (χ1n) is 5.81. The highest BCUT2D eigenvalue weighted by Gasteiger charge is 2.05. The number of amidine groups is 1. The van der Waals surface area contributed by atoms with Crippen LogP contribution in [0.1, 0.15) is 16.7 Å². The summed E-state index contributed by atoms with van der Waals surface area (Å²) >= 11 is 0. The molecule has 19 heavy (non-hydrogen) atoms. The summed E-state index contributed by atoms with van der Waals surface area (Å²) in [4.78, 5) is 3.95. The van der Waals surface area contributed by atoms with Gasteiger partial charge in [-0.15, -0.1) is 0 Å². The van der Waals surface area contributed by atoms with Crippen molar-refractivity contribution < 1.29 is 9.94 Å². The number of aryl methyl sites for hydroxylation is 1. The van der Waals surface area contributed by atoms with Crippen molar-refractivity contribution in [2.45, 2.75) is 13.5 Å². The van der Waals surface area contributed by atoms with Crippen LogP contribution >= 0.6 is 0 Å². The minimum atomic E-state index is 0.0637. The van der Waals surface area contributed by atoms with Gasteiger partial charge in [-0.1, -0.05) is 17.3 Å². The summed E-state index contributed by atoms with van der Waals surface area (Å²) in [6.45, 7) is 2.39. The van der Waals surface area contributed by atoms with Gasteiger partial charge in [0.2, 0.25) is 0 Å². The maximum absolute atomic E-state index is 8.67. The van der Waals surface area contributed by atoms with E-state index in [4.69, 9.17) is 15.7 Å². The molecular formula is C14H15N3O2. The van der Waals surface area contributed by atoms with E-state index in [1.807, 2.05) is 25.1 Å². The molecule has 0 spiro atoms. The van der Waals surface area contributed by atoms with Crippen molar-refractivity contribution in [1.82, 2.24) is 4.98 Å². The highest BCUT2D eigenvalue weighted by molar-refractivity contribution is 5.97. The van der Waals surface area contributed by atoms with Gasteiger partial charge < -0.3 is 15.7 Å². The Balaban J connectivity index is 2.16. The van der Waals surface area contributed by atoms with E-state index in [2.05, 4.69) is 10.1 Å². The minimum absolute atomic E-state index is 0.0637. The average molecular weight is 257 g/mol. The van der Waals surface area contributed by atoms with Gasteiger partial charge in [-0.25, -0.2) is 0 Å². The van der Waals surface area contributed by atoms with Gasteiger partial charge in [-0.05, 0) is 36.2 Å². The zero-order chi connectivity index (χ0) is 13.7. The van der Waals surface area contributed by atoms with E-state index in [9.17, 15) is 0 Å². The monoisotopic (exact) mass is 257 g/mol. The largest absolute Gasteiger partial charge is 0.489 e. The van der Waals surface area contributed by atoms with Crippen LogP contribution in [0, 0.1) is 6.92 Å². The van der Waals surface area contributed by atoms with E-state index < -0.39 is 0 Å². The zero-order valence-electron chi connectivity index (χ0n) is 10.6. The number of nitrogens with two attached hydrogens (primary N) is 1. The summed E-state index contributed by atoms with van der Waals surface area (Å²) in [5.41, 5.74) is 8.20. The number of pyridine rings is 1. The van der Waals surface area contributed by atoms with E-state index >= 15 is 0 Å². The predicted octanol–water partition coefficient (Wildman–Crippen LogP) is 2.06. The summed E-state index contributed by atoms with van der Waals surface area (Å²) in [6, 6.07) is 9.19. The molecule has 0 saturated heterocycles. The van der Waals surface area contributed by atoms with Gasteiger partial charge in [0.15, 0.2) is 5.84 Å². The quantitative estimate of drug-likeness (QED) is 0.380. The summed E-state index contributed by atoms with van der Waals surface area (Å²) < 4.78 is 5.74. The van der Waals surface area contributed by atoms with Gasteiger partial charge in [0.05, 0.1) is 0 Å². The molecule has 0 aliphatic heterocycles. The standard InChI is InChI=1S/C14H15N3O2/c1-10-2-3-12(14(15)17-18)8-13(10)19-9-11-4-6-16-7-5-11/h2-8,18H,9H2,1H3,(H2,15,17). The second-order valence-corrected chi connectivity index (χ2v) is 4.11. The molecule has 0 aliphatic rings. The predicted molar refractivity (Wildman–Crippen MR) is 72.3 cm³/mol. The Morgan fingerprint density at radius 3 is 2.74 bits per heavy atom. The van der Waals surface area contributed by atoms with Gasteiger partial charge in [-0.3, -0.25) is 4.98 Å². The number of nitrogens with zero attached hydrogens (tertiary/aromatic N) is 2. The Labute approximate surface area is 111 Å². The first kappa shape index (κ1) is 12.9. The first-order chi connectivity index (χ1) is 9.20. The molecule has 5 heteroatoms. The van der Waals surface area contributed by atoms with Crippen molar-refractivity contribution >= 4 is 5.84 Å². The fourth-order valence-electron chi connectivity index (χ4n) is 1.61. The molecular weight excluding hydrogens is 242 g/mol. The first-order valence-corrected chi connectivity index (χ1v) is 5.81. The molecule has 2 rings (SSSR count). The number of hydrogen-bond donors (Lipinski definition) is 2. The van der Waals surface area contributed by atoms with Gasteiger partial charge >= 0.3 is 0 Å². The normalized spacial score (nSPS) is 11.3. The lowest BCUT2D eigenvalue weighted by Gasteiger charge is -2.10. The molecule has 0 fully saturated rings. The molecule has 0 amide bonds. The summed E-state index contributed by atoms with van der Waals surface area (Å²) in [5, 5.41) is 11.6. The molecule has 0 aliphatic carbocycles. The van der Waals surface area contributed by atoms with E-state index in [-0.39, 0.29) is 5.84 Å². The zero-order valence-corrected chi connectivity index (χ0v) is 10.6. The molecule has 5 nitrogen and oxygen atoms in total. The lowest BCUT2D eigenvalue weighted by atomic mass is 10.1. The van der Waals surface area contributed by atoms with Crippen molar-refractivity contribution in [3.8, 4) is 5.75 Å². The van der Waals surface area contributed by atoms with Crippen LogP contribution in [0.15, 0.2) is 47.9 Å². The second kappa shape index (κ2) is 5.86. The van der Waals surface area contributed by atoms with Crippen LogP contribution in [0.5, 0.6) is 5.75 Å². The lowest BCUT2D eigenvalue weighted by Crippen LogP contribution is -2.13. The highest BCUT2D eigenvalue weighted by Crippen LogP contribution is 2.20. The van der Waals surface area contributed by atoms with Crippen molar-refractivity contribution in [1.29, 1.82) is 0 Å². The summed E-state index contributed by atoms with van der Waals surface area (Å²) in [6.07, 6.45) is 3.44. The Morgan fingerprint density at radius 2 is 2.05 bits per heavy atom. The Bertz CT molecular complexity index is 582. The summed E-state index contributed by atoms with van der Waals surface area (Å²) in [5.74, 6) is 0.773. The molecule has 1 aromatic heterocycles. The topological polar surface area (TPSA) is 80.7 Å². The van der Waals surface area contributed by atoms with Gasteiger partial charge in [0.1, 0.15) is 12.4 Å². The summed E-state index contributed by atoms with van der Waals surface area (Å²) in [7, 11) is 0. The van der Waals surface area contributed by atoms with Crippen LogP contribution in [0.3, 0.4) is 0 Å². The molecule has 0 atom stereocenters. The number of rotatable bonds is 4. The van der Waals surface area contributed by atoms with Crippen LogP contribution in [-0.4, -0.2) is 16.0 Å². The number of hydrogen-bond acceptors (Lipinski definition) is 4. The smallest absolute Gasteiger partial charge is 0.170 e. The average Bonchev–Trinajstić information content (AvgIpc) is 2.46. The Morgan fingerprint density at radius 1 is 1.32 bits per heavy atom. The van der Waals surface area contributed by atoms with Crippen molar-refractivity contribution in [2.24, 2.45) is 10.9 Å². The van der Waals surface area contributed by atoms with Crippen LogP contribution in [0.2, 0.25) is 0 Å². The van der Waals surface area contributed by atoms with Gasteiger partial charge in [-0.2, -0.15) is 0 Å². The van der Waals surface area contributed by atoms with Gasteiger partial charge in [0.25, 0.3) is 0 Å². The third-order valence-electron chi connectivity index (χ3n) is 2.74. The number of aromatic nitrogens is 1. The van der Waals surface area contributed by atoms with Crippen LogP contribution in [0.4, 0.5) is 0 Å². The van der Waals surface area contributed by atoms with E-state index in [0.29, 0.717) is 17.9 Å². The van der Waals surface area contributed by atoms with E-state index in [0.717, 1.165) is 11.1 Å². The van der Waals surface area contributed by atoms with Gasteiger partial charge in [0, 0.05) is 18.0 Å². The van der Waals surface area contributed by atoms with Crippen LogP contribution in [0.25, 0.3) is 0 Å². The molecule has 1 heterocycles. The van der Waals surface area contributed by atoms with Crippen LogP contribution < -0.4 is 10.5 Å².